The molecule has 1 amide bonds. The Morgan fingerprint density at radius 1 is 1.06 bits per heavy atom. The summed E-state index contributed by atoms with van der Waals surface area (Å²) in [7, 11) is 1.99. The fourth-order valence-corrected chi connectivity index (χ4v) is 4.80. The molecule has 0 saturated heterocycles. The van der Waals surface area contributed by atoms with Crippen LogP contribution in [0.15, 0.2) is 18.2 Å². The summed E-state index contributed by atoms with van der Waals surface area (Å²) in [5.74, 6) is 6.83. The Hall–Kier alpha value is -1.99. The van der Waals surface area contributed by atoms with Gasteiger partial charge in [-0.2, -0.15) is 0 Å². The minimum Gasteiger partial charge on any atom is -0.394 e. The van der Waals surface area contributed by atoms with Crippen LogP contribution >= 0.6 is 0 Å². The molecule has 0 bridgehead atoms. The predicted octanol–water partition coefficient (Wildman–Crippen LogP) is 5.84. The summed E-state index contributed by atoms with van der Waals surface area (Å²) in [5.41, 5.74) is 3.19. The van der Waals surface area contributed by atoms with Crippen LogP contribution in [0.5, 0.6) is 0 Å². The number of nitrogens with one attached hydrogen (secondary N) is 1. The van der Waals surface area contributed by atoms with Crippen molar-refractivity contribution in [2.24, 2.45) is 5.92 Å². The second-order valence-electron chi connectivity index (χ2n) is 9.97. The number of nitrogens with zero attached hydrogens (tertiary/aromatic N) is 1. The molecule has 1 aliphatic heterocycles. The fourth-order valence-electron chi connectivity index (χ4n) is 4.80. The van der Waals surface area contributed by atoms with Gasteiger partial charge in [-0.15, -0.1) is 0 Å². The SMILES string of the molecule is CCCCCCCCCCCCC#Cc1ccc2c(c1)N(C)[C@@H](C(C)C)C(=O)N[C@H](CO)C2. The first kappa shape index (κ1) is 27.3. The maximum absolute atomic E-state index is 12.8. The molecular formula is C29H46N2O2. The van der Waals surface area contributed by atoms with Crippen LogP contribution in [-0.4, -0.2) is 36.8 Å². The minimum atomic E-state index is -0.270. The average molecular weight is 455 g/mol. The second-order valence-corrected chi connectivity index (χ2v) is 9.97. The number of benzene rings is 1. The van der Waals surface area contributed by atoms with Crippen LogP contribution in [0.3, 0.4) is 0 Å². The van der Waals surface area contributed by atoms with Crippen LogP contribution in [0.1, 0.15) is 103 Å². The quantitative estimate of drug-likeness (QED) is 0.308. The van der Waals surface area contributed by atoms with E-state index in [0.29, 0.717) is 6.42 Å². The maximum Gasteiger partial charge on any atom is 0.243 e. The minimum absolute atomic E-state index is 0.0188. The van der Waals surface area contributed by atoms with Crippen molar-refractivity contribution in [1.82, 2.24) is 5.32 Å². The van der Waals surface area contributed by atoms with Gasteiger partial charge in [0.2, 0.25) is 5.91 Å². The van der Waals surface area contributed by atoms with Crippen molar-refractivity contribution >= 4 is 11.6 Å². The molecule has 4 heteroatoms. The van der Waals surface area contributed by atoms with Crippen molar-refractivity contribution in [3.8, 4) is 11.8 Å². The zero-order chi connectivity index (χ0) is 24.1. The van der Waals surface area contributed by atoms with E-state index in [2.05, 4.69) is 61.0 Å². The normalized spacial score (nSPS) is 18.2. The third-order valence-corrected chi connectivity index (χ3v) is 6.70. The van der Waals surface area contributed by atoms with Gasteiger partial charge in [-0.1, -0.05) is 96.5 Å². The van der Waals surface area contributed by atoms with Crippen LogP contribution < -0.4 is 10.2 Å². The smallest absolute Gasteiger partial charge is 0.243 e. The zero-order valence-electron chi connectivity index (χ0n) is 21.5. The molecule has 1 aromatic carbocycles. The molecule has 0 aliphatic carbocycles. The van der Waals surface area contributed by atoms with E-state index in [0.717, 1.165) is 23.2 Å². The van der Waals surface area contributed by atoms with E-state index < -0.39 is 0 Å². The van der Waals surface area contributed by atoms with Gasteiger partial charge in [0, 0.05) is 24.7 Å². The molecule has 184 valence electrons. The molecule has 0 radical (unpaired) electrons. The summed E-state index contributed by atoms with van der Waals surface area (Å²) in [6, 6.07) is 5.77. The summed E-state index contributed by atoms with van der Waals surface area (Å²) in [6.45, 7) is 6.34. The van der Waals surface area contributed by atoms with Crippen molar-refractivity contribution < 1.29 is 9.90 Å². The first-order chi connectivity index (χ1) is 16.0. The van der Waals surface area contributed by atoms with Crippen molar-refractivity contribution in [1.29, 1.82) is 0 Å². The number of aliphatic hydroxyl groups excluding tert-OH is 1. The van der Waals surface area contributed by atoms with Gasteiger partial charge in [0.25, 0.3) is 0 Å². The lowest BCUT2D eigenvalue weighted by Gasteiger charge is -2.37. The van der Waals surface area contributed by atoms with Crippen LogP contribution in [0.2, 0.25) is 0 Å². The number of fused-ring (bicyclic) bond motifs is 1. The Morgan fingerprint density at radius 2 is 1.70 bits per heavy atom. The summed E-state index contributed by atoms with van der Waals surface area (Å²) in [5, 5.41) is 12.7. The molecule has 2 rings (SSSR count). The van der Waals surface area contributed by atoms with Crippen LogP contribution in [0, 0.1) is 17.8 Å². The van der Waals surface area contributed by atoms with Gasteiger partial charge >= 0.3 is 0 Å². The Balaban J connectivity index is 1.89. The number of aliphatic hydroxyl groups is 1. The number of unbranched alkanes of at least 4 members (excludes halogenated alkanes) is 10. The Kier molecular flexibility index (Phi) is 12.4. The van der Waals surface area contributed by atoms with E-state index in [-0.39, 0.29) is 30.5 Å². The zero-order valence-corrected chi connectivity index (χ0v) is 21.5. The largest absolute Gasteiger partial charge is 0.394 e. The number of carbonyl (C=O) groups is 1. The number of amides is 1. The standard InChI is InChI=1S/C29H46N2O2/c1-5-6-7-8-9-10-11-12-13-14-15-16-17-24-18-19-25-21-26(22-32)30-29(33)28(23(2)3)31(4)27(25)20-24/h18-20,23,26,28,32H,5-15,21-22H2,1-4H3,(H,30,33)/t26-,28-/m0/s1. The van der Waals surface area contributed by atoms with E-state index in [9.17, 15) is 9.90 Å². The molecule has 0 fully saturated rings. The van der Waals surface area contributed by atoms with Crippen LogP contribution in [-0.2, 0) is 11.2 Å². The summed E-state index contributed by atoms with van der Waals surface area (Å²) in [4.78, 5) is 14.9. The molecule has 2 atom stereocenters. The lowest BCUT2D eigenvalue weighted by molar-refractivity contribution is -0.124. The van der Waals surface area contributed by atoms with E-state index >= 15 is 0 Å². The molecule has 33 heavy (non-hydrogen) atoms. The Morgan fingerprint density at radius 3 is 2.30 bits per heavy atom. The summed E-state index contributed by atoms with van der Waals surface area (Å²) in [6.07, 6.45) is 15.0. The lowest BCUT2D eigenvalue weighted by atomic mass is 9.94. The van der Waals surface area contributed by atoms with Gasteiger partial charge in [-0.05, 0) is 36.5 Å². The van der Waals surface area contributed by atoms with Gasteiger partial charge in [-0.25, -0.2) is 0 Å². The highest BCUT2D eigenvalue weighted by Crippen LogP contribution is 2.28. The van der Waals surface area contributed by atoms with Crippen molar-refractivity contribution in [2.45, 2.75) is 110 Å². The van der Waals surface area contributed by atoms with Gasteiger partial charge in [-0.3, -0.25) is 4.79 Å². The number of hydrogen-bond acceptors (Lipinski definition) is 3. The highest BCUT2D eigenvalue weighted by atomic mass is 16.3. The summed E-state index contributed by atoms with van der Waals surface area (Å²) >= 11 is 0. The molecule has 0 spiro atoms. The first-order valence-electron chi connectivity index (χ1n) is 13.2. The van der Waals surface area contributed by atoms with E-state index in [1.807, 2.05) is 7.05 Å². The van der Waals surface area contributed by atoms with Gasteiger partial charge in [0.1, 0.15) is 6.04 Å². The maximum atomic E-state index is 12.8. The van der Waals surface area contributed by atoms with Crippen molar-refractivity contribution in [3.63, 3.8) is 0 Å². The highest BCUT2D eigenvalue weighted by Gasteiger charge is 2.32. The third-order valence-electron chi connectivity index (χ3n) is 6.70. The van der Waals surface area contributed by atoms with Crippen molar-refractivity contribution in [2.75, 3.05) is 18.6 Å². The Bertz CT molecular complexity index is 778. The van der Waals surface area contributed by atoms with Gasteiger partial charge < -0.3 is 15.3 Å². The predicted molar refractivity (Wildman–Crippen MR) is 140 cm³/mol. The lowest BCUT2D eigenvalue weighted by Crippen LogP contribution is -2.54. The number of rotatable bonds is 12. The molecule has 1 aliphatic rings. The molecule has 1 aromatic rings. The van der Waals surface area contributed by atoms with Crippen molar-refractivity contribution in [3.05, 3.63) is 29.3 Å². The monoisotopic (exact) mass is 454 g/mol. The summed E-state index contributed by atoms with van der Waals surface area (Å²) < 4.78 is 0. The number of hydrogen-bond donors (Lipinski definition) is 2. The highest BCUT2D eigenvalue weighted by molar-refractivity contribution is 5.86. The van der Waals surface area contributed by atoms with Crippen LogP contribution in [0.25, 0.3) is 0 Å². The topological polar surface area (TPSA) is 52.6 Å². The fraction of sp³-hybridized carbons (Fsp3) is 0.690. The molecule has 4 nitrogen and oxygen atoms in total. The van der Waals surface area contributed by atoms with E-state index in [1.54, 1.807) is 0 Å². The van der Waals surface area contributed by atoms with Gasteiger partial charge in [0.05, 0.1) is 12.6 Å². The number of anilines is 1. The third kappa shape index (κ3) is 9.05. The number of carbonyl (C=O) groups excluding carboxylic acids is 1. The first-order valence-corrected chi connectivity index (χ1v) is 13.2. The average Bonchev–Trinajstić information content (AvgIpc) is 2.79. The van der Waals surface area contributed by atoms with Gasteiger partial charge in [0.15, 0.2) is 0 Å². The molecule has 0 saturated carbocycles. The molecule has 1 heterocycles. The Labute approximate surface area is 202 Å². The van der Waals surface area contributed by atoms with Crippen LogP contribution in [0.4, 0.5) is 5.69 Å². The second kappa shape index (κ2) is 15.0. The molecule has 0 unspecified atom stereocenters. The molecular weight excluding hydrogens is 408 g/mol. The van der Waals surface area contributed by atoms with E-state index in [4.69, 9.17) is 0 Å². The molecule has 2 N–H and O–H groups in total. The number of likely N-dealkylation sites (N-methyl/N-ethyl adjacent to an activating group) is 1. The van der Waals surface area contributed by atoms with E-state index in [1.165, 1.54) is 64.2 Å². The molecule has 0 aromatic heterocycles.